The first kappa shape index (κ1) is 19.2. The van der Waals surface area contributed by atoms with Gasteiger partial charge in [-0.3, -0.25) is 4.79 Å². The average molecular weight is 394 g/mol. The van der Waals surface area contributed by atoms with Gasteiger partial charge in [-0.05, 0) is 35.9 Å². The maximum absolute atomic E-state index is 13.7. The van der Waals surface area contributed by atoms with Crippen LogP contribution in [0.15, 0.2) is 29.4 Å². The van der Waals surface area contributed by atoms with Crippen molar-refractivity contribution in [1.29, 1.82) is 0 Å². The highest BCUT2D eigenvalue weighted by Gasteiger charge is 2.35. The summed E-state index contributed by atoms with van der Waals surface area (Å²) in [5, 5.41) is 0. The molecule has 1 aliphatic rings. The van der Waals surface area contributed by atoms with Gasteiger partial charge < -0.3 is 9.30 Å². The van der Waals surface area contributed by atoms with Crippen molar-refractivity contribution < 1.29 is 18.9 Å². The van der Waals surface area contributed by atoms with Crippen LogP contribution in [0.2, 0.25) is 0 Å². The smallest absolute Gasteiger partial charge is 0.346 e. The molecule has 1 aliphatic carbocycles. The summed E-state index contributed by atoms with van der Waals surface area (Å²) in [6, 6.07) is 4.57. The van der Waals surface area contributed by atoms with Crippen molar-refractivity contribution in [1.82, 2.24) is 14.5 Å². The average Bonchev–Trinajstić information content (AvgIpc) is 3.49. The lowest BCUT2D eigenvalue weighted by Gasteiger charge is -2.14. The zero-order chi connectivity index (χ0) is 20.4. The Morgan fingerprint density at radius 3 is 3.03 bits per heavy atom. The van der Waals surface area contributed by atoms with Crippen LogP contribution in [-0.4, -0.2) is 40.4 Å². The number of amides is 1. The summed E-state index contributed by atoms with van der Waals surface area (Å²) in [5.41, 5.74) is 2.18. The van der Waals surface area contributed by atoms with Gasteiger partial charge in [-0.25, -0.2) is 19.4 Å². The van der Waals surface area contributed by atoms with Gasteiger partial charge in [0, 0.05) is 32.9 Å². The number of rotatable bonds is 7. The van der Waals surface area contributed by atoms with Crippen LogP contribution in [0.25, 0.3) is 11.0 Å². The fourth-order valence-corrected chi connectivity index (χ4v) is 3.32. The zero-order valence-corrected chi connectivity index (χ0v) is 16.3. The minimum absolute atomic E-state index is 0.0800. The summed E-state index contributed by atoms with van der Waals surface area (Å²) in [5.74, 6) is 0.141. The summed E-state index contributed by atoms with van der Waals surface area (Å²) < 4.78 is 21.0. The van der Waals surface area contributed by atoms with Crippen LogP contribution in [0.4, 0.5) is 4.39 Å². The van der Waals surface area contributed by atoms with Crippen LogP contribution in [0, 0.1) is 24.9 Å². The van der Waals surface area contributed by atoms with Crippen LogP contribution in [0.3, 0.4) is 0 Å². The lowest BCUT2D eigenvalue weighted by molar-refractivity contribution is -0.305. The highest BCUT2D eigenvalue weighted by atomic mass is 19.1. The number of methoxy groups -OCH3 is 1. The van der Waals surface area contributed by atoms with E-state index in [4.69, 9.17) is 4.74 Å². The molecule has 0 saturated heterocycles. The van der Waals surface area contributed by atoms with Crippen LogP contribution < -0.4 is 4.98 Å². The Balaban J connectivity index is 1.68. The molecule has 0 bridgehead atoms. The van der Waals surface area contributed by atoms with Gasteiger partial charge in [-0.1, -0.05) is 0 Å². The number of aryl methyl sites for hydroxylation is 1. The Kier molecular flexibility index (Phi) is 5.32. The molecule has 148 valence electrons. The van der Waals surface area contributed by atoms with E-state index in [-0.39, 0.29) is 17.4 Å². The van der Waals surface area contributed by atoms with E-state index in [1.165, 1.54) is 18.3 Å². The first-order valence-corrected chi connectivity index (χ1v) is 9.51. The van der Waals surface area contributed by atoms with E-state index in [0.717, 1.165) is 24.2 Å². The van der Waals surface area contributed by atoms with Crippen LogP contribution in [0.1, 0.15) is 40.8 Å². The number of hydrogen-bond acceptors (Lipinski definition) is 4. The Hall–Kier alpha value is -3.18. The van der Waals surface area contributed by atoms with Gasteiger partial charge in [0.1, 0.15) is 17.8 Å². The van der Waals surface area contributed by atoms with Gasteiger partial charge >= 0.3 is 17.8 Å². The van der Waals surface area contributed by atoms with E-state index in [0.29, 0.717) is 30.3 Å². The number of nitrogens with zero attached hydrogens (tertiary/aromatic N) is 5. The number of fused-ring (bicyclic) bond motifs is 1. The third-order valence-corrected chi connectivity index (χ3v) is 4.96. The number of imidazole rings is 1. The maximum Gasteiger partial charge on any atom is 0.346 e. The molecule has 3 aromatic rings. The lowest BCUT2D eigenvalue weighted by atomic mass is 10.0. The van der Waals surface area contributed by atoms with Crippen molar-refractivity contribution in [3.63, 3.8) is 0 Å². The number of halogens is 1. The second-order valence-electron chi connectivity index (χ2n) is 7.17. The minimum atomic E-state index is -0.492. The minimum Gasteiger partial charge on any atom is -0.383 e. The summed E-state index contributed by atoms with van der Waals surface area (Å²) >= 11 is 0. The Morgan fingerprint density at radius 1 is 1.52 bits per heavy atom. The van der Waals surface area contributed by atoms with Crippen molar-refractivity contribution >= 4 is 23.2 Å². The van der Waals surface area contributed by atoms with Gasteiger partial charge in [-0.15, -0.1) is 0 Å². The highest BCUT2D eigenvalue weighted by Crippen LogP contribution is 2.42. The molecular weight excluding hydrogens is 373 g/mol. The molecule has 1 atom stereocenters. The van der Waals surface area contributed by atoms with E-state index >= 15 is 0 Å². The van der Waals surface area contributed by atoms with Crippen molar-refractivity contribution in [3.05, 3.63) is 53.6 Å². The summed E-state index contributed by atoms with van der Waals surface area (Å²) in [6.07, 6.45) is 7.82. The fourth-order valence-electron chi connectivity index (χ4n) is 3.32. The van der Waals surface area contributed by atoms with Gasteiger partial charge in [0.15, 0.2) is 0 Å². The van der Waals surface area contributed by atoms with Crippen LogP contribution in [0.5, 0.6) is 0 Å². The third kappa shape index (κ3) is 4.15. The quantitative estimate of drug-likeness (QED) is 0.575. The molecule has 1 aromatic carbocycles. The number of hydrogen-bond donors (Lipinski definition) is 0. The lowest BCUT2D eigenvalue weighted by Crippen LogP contribution is -2.15. The summed E-state index contributed by atoms with van der Waals surface area (Å²) in [7, 11) is 1.63. The van der Waals surface area contributed by atoms with Gasteiger partial charge in [0.05, 0.1) is 23.6 Å². The van der Waals surface area contributed by atoms with E-state index in [1.807, 2.05) is 4.57 Å². The van der Waals surface area contributed by atoms with Gasteiger partial charge in [0.25, 0.3) is 5.69 Å². The molecule has 1 saturated carbocycles. The number of aliphatic imine (C=N–C) groups is 1. The standard InChI is InChI=1S/C21H21FN5O2/c1-13-10-24-18(12-23-13)21(28)25-11-16(14-3-4-14)20-26-17-9-15(22)5-6-19(17)27(20)7-8-29-2/h5-6,9-11,14,16H,3-4,7-8H2,1-2H3/q+1. The molecule has 0 radical (unpaired) electrons. The molecule has 7 nitrogen and oxygen atoms in total. The molecule has 8 heteroatoms. The maximum atomic E-state index is 13.7. The van der Waals surface area contributed by atoms with Gasteiger partial charge in [-0.2, -0.15) is 0 Å². The topological polar surface area (TPSA) is 83.5 Å². The third-order valence-electron chi connectivity index (χ3n) is 4.96. The number of ether oxygens (including phenoxy) is 1. The monoisotopic (exact) mass is 394 g/mol. The van der Waals surface area contributed by atoms with E-state index in [9.17, 15) is 9.18 Å². The zero-order valence-electron chi connectivity index (χ0n) is 16.3. The molecule has 0 aliphatic heterocycles. The van der Waals surface area contributed by atoms with Crippen LogP contribution >= 0.6 is 0 Å². The SMILES string of the molecule is COCCn1c(C(C=NC(=O)c2c#[n+]c(C)cn2)C2CC2)nc2cc(F)ccc21. The Morgan fingerprint density at radius 2 is 2.34 bits per heavy atom. The molecule has 0 N–H and O–H groups in total. The largest absolute Gasteiger partial charge is 0.383 e. The van der Waals surface area contributed by atoms with Gasteiger partial charge in [0.2, 0.25) is 0 Å². The molecular formula is C21H21FN5O2+. The van der Waals surface area contributed by atoms with E-state index in [2.05, 4.69) is 26.1 Å². The number of carbonyl (C=O) groups excluding carboxylic acids is 1. The van der Waals surface area contributed by atoms with Crippen molar-refractivity contribution in [2.24, 2.45) is 10.9 Å². The molecule has 1 amide bonds. The predicted molar refractivity (Wildman–Crippen MR) is 103 cm³/mol. The number of benzene rings is 1. The fraction of sp³-hybridized carbons (Fsp3) is 0.381. The highest BCUT2D eigenvalue weighted by molar-refractivity contribution is 5.97. The van der Waals surface area contributed by atoms with Crippen molar-refractivity contribution in [2.75, 3.05) is 13.7 Å². The summed E-state index contributed by atoms with van der Waals surface area (Å²) in [4.78, 5) is 29.2. The predicted octanol–water partition coefficient (Wildman–Crippen LogP) is 2.33. The van der Waals surface area contributed by atoms with E-state index in [1.54, 1.807) is 26.3 Å². The molecule has 4 rings (SSSR count). The van der Waals surface area contributed by atoms with Crippen LogP contribution in [-0.2, 0) is 11.3 Å². The molecule has 1 fully saturated rings. The number of carbonyl (C=O) groups is 1. The molecule has 0 spiro atoms. The second kappa shape index (κ2) is 8.05. The van der Waals surface area contributed by atoms with Crippen molar-refractivity contribution in [3.8, 4) is 0 Å². The van der Waals surface area contributed by atoms with Crippen molar-refractivity contribution in [2.45, 2.75) is 32.2 Å². The molecule has 1 unspecified atom stereocenters. The first-order valence-electron chi connectivity index (χ1n) is 9.51. The van der Waals surface area contributed by atoms with E-state index < -0.39 is 5.91 Å². The molecule has 29 heavy (non-hydrogen) atoms. The Labute approximate surface area is 167 Å². The molecule has 2 heterocycles. The number of aromatic nitrogens is 4. The second-order valence-corrected chi connectivity index (χ2v) is 7.17. The Bertz CT molecular complexity index is 1060. The normalized spacial score (nSPS) is 15.0. The summed E-state index contributed by atoms with van der Waals surface area (Å²) in [6.45, 7) is 2.85. The first-order chi connectivity index (χ1) is 14.1. The molecule has 2 aromatic heterocycles.